The molecule has 0 bridgehead atoms. The Hall–Kier alpha value is -3.43. The number of benzene rings is 3. The average Bonchev–Trinajstić information content (AvgIpc) is 2.87. The van der Waals surface area contributed by atoms with E-state index in [-0.39, 0.29) is 24.6 Å². The van der Waals surface area contributed by atoms with Gasteiger partial charge in [0.05, 0.1) is 11.9 Å². The van der Waals surface area contributed by atoms with Crippen molar-refractivity contribution in [1.29, 1.82) is 0 Å². The highest BCUT2D eigenvalue weighted by atomic mass is 35.5. The highest BCUT2D eigenvalue weighted by molar-refractivity contribution is 7.92. The molecule has 0 aliphatic heterocycles. The summed E-state index contributed by atoms with van der Waals surface area (Å²) in [5.41, 5.74) is 2.19. The standard InChI is InChI=1S/C28H31ClFN3O4S/c1-4-31-28(35)26(17-21-9-6-5-7-10-21)32(18-22-13-15-23(30)16-14-22)27(34)19-33(38(3,36)37)25-12-8-11-24(29)20(25)2/h5-16,26H,4,17-19H2,1-3H3,(H,31,35)/t26-/m1/s1. The first kappa shape index (κ1) is 29.1. The van der Waals surface area contributed by atoms with Gasteiger partial charge in [-0.05, 0) is 54.8 Å². The van der Waals surface area contributed by atoms with Crippen molar-refractivity contribution in [3.8, 4) is 0 Å². The number of nitrogens with one attached hydrogen (secondary N) is 1. The fraction of sp³-hybridized carbons (Fsp3) is 0.286. The van der Waals surface area contributed by atoms with Crippen molar-refractivity contribution < 1.29 is 22.4 Å². The zero-order valence-corrected chi connectivity index (χ0v) is 23.1. The lowest BCUT2D eigenvalue weighted by Gasteiger charge is -2.33. The molecule has 3 rings (SSSR count). The van der Waals surface area contributed by atoms with E-state index in [4.69, 9.17) is 11.6 Å². The Balaban J connectivity index is 2.06. The van der Waals surface area contributed by atoms with Crippen LogP contribution in [0.2, 0.25) is 5.02 Å². The number of sulfonamides is 1. The number of nitrogens with zero attached hydrogens (tertiary/aromatic N) is 2. The minimum atomic E-state index is -3.90. The molecule has 0 fully saturated rings. The quantitative estimate of drug-likeness (QED) is 0.379. The van der Waals surface area contributed by atoms with Crippen LogP contribution >= 0.6 is 11.6 Å². The van der Waals surface area contributed by atoms with E-state index < -0.39 is 34.3 Å². The second-order valence-corrected chi connectivity index (χ2v) is 11.2. The van der Waals surface area contributed by atoms with Gasteiger partial charge in [0.15, 0.2) is 0 Å². The number of likely N-dealkylation sites (N-methyl/N-ethyl adjacent to an activating group) is 1. The third-order valence-corrected chi connectivity index (χ3v) is 7.61. The molecule has 0 radical (unpaired) electrons. The summed E-state index contributed by atoms with van der Waals surface area (Å²) >= 11 is 6.24. The van der Waals surface area contributed by atoms with Crippen LogP contribution in [0.25, 0.3) is 0 Å². The number of hydrogen-bond acceptors (Lipinski definition) is 4. The number of amides is 2. The molecular weight excluding hydrogens is 529 g/mol. The fourth-order valence-corrected chi connectivity index (χ4v) is 5.16. The highest BCUT2D eigenvalue weighted by Gasteiger charge is 2.33. The normalized spacial score (nSPS) is 12.0. The molecule has 3 aromatic rings. The largest absolute Gasteiger partial charge is 0.355 e. The average molecular weight is 560 g/mol. The molecule has 10 heteroatoms. The lowest BCUT2D eigenvalue weighted by molar-refractivity contribution is -0.140. The third-order valence-electron chi connectivity index (χ3n) is 6.08. The van der Waals surface area contributed by atoms with Gasteiger partial charge < -0.3 is 10.2 Å². The number of halogens is 2. The summed E-state index contributed by atoms with van der Waals surface area (Å²) in [7, 11) is -3.90. The van der Waals surface area contributed by atoms with E-state index in [1.54, 1.807) is 32.0 Å². The molecule has 0 spiro atoms. The van der Waals surface area contributed by atoms with Crippen LogP contribution in [0.15, 0.2) is 72.8 Å². The van der Waals surface area contributed by atoms with Gasteiger partial charge in [0.25, 0.3) is 0 Å². The molecule has 0 aliphatic rings. The van der Waals surface area contributed by atoms with Crippen LogP contribution < -0.4 is 9.62 Å². The van der Waals surface area contributed by atoms with E-state index in [0.29, 0.717) is 22.7 Å². The van der Waals surface area contributed by atoms with Crippen molar-refractivity contribution in [3.63, 3.8) is 0 Å². The van der Waals surface area contributed by atoms with Crippen LogP contribution in [0.3, 0.4) is 0 Å². The maximum atomic E-state index is 13.9. The van der Waals surface area contributed by atoms with Crippen LogP contribution in [-0.2, 0) is 32.6 Å². The van der Waals surface area contributed by atoms with Crippen LogP contribution in [0.5, 0.6) is 0 Å². The van der Waals surface area contributed by atoms with Crippen LogP contribution in [-0.4, -0.2) is 50.5 Å². The van der Waals surface area contributed by atoms with Crippen molar-refractivity contribution in [3.05, 3.63) is 100 Å². The van der Waals surface area contributed by atoms with Crippen molar-refractivity contribution in [2.75, 3.05) is 23.7 Å². The predicted molar refractivity (Wildman–Crippen MR) is 148 cm³/mol. The summed E-state index contributed by atoms with van der Waals surface area (Å²) in [5.74, 6) is -1.40. The Bertz CT molecular complexity index is 1370. The molecule has 0 heterocycles. The Morgan fingerprint density at radius 2 is 1.63 bits per heavy atom. The van der Waals surface area contributed by atoms with Crippen LogP contribution in [0.4, 0.5) is 10.1 Å². The number of rotatable bonds is 11. The smallest absolute Gasteiger partial charge is 0.244 e. The third kappa shape index (κ3) is 7.55. The molecule has 0 aromatic heterocycles. The molecule has 2 amide bonds. The summed E-state index contributed by atoms with van der Waals surface area (Å²) in [4.78, 5) is 28.5. The van der Waals surface area contributed by atoms with Gasteiger partial charge in [-0.1, -0.05) is 60.1 Å². The maximum Gasteiger partial charge on any atom is 0.244 e. The lowest BCUT2D eigenvalue weighted by atomic mass is 10.0. The van der Waals surface area contributed by atoms with Crippen LogP contribution in [0.1, 0.15) is 23.6 Å². The second-order valence-electron chi connectivity index (χ2n) is 8.90. The van der Waals surface area contributed by atoms with Gasteiger partial charge in [-0.3, -0.25) is 13.9 Å². The van der Waals surface area contributed by atoms with Crippen molar-refractivity contribution >= 4 is 39.1 Å². The molecule has 3 aromatic carbocycles. The van der Waals surface area contributed by atoms with Crippen molar-refractivity contribution in [2.45, 2.75) is 32.9 Å². The highest BCUT2D eigenvalue weighted by Crippen LogP contribution is 2.28. The molecule has 1 atom stereocenters. The second kappa shape index (κ2) is 12.9. The maximum absolute atomic E-state index is 13.9. The van der Waals surface area contributed by atoms with Crippen LogP contribution in [0, 0.1) is 12.7 Å². The summed E-state index contributed by atoms with van der Waals surface area (Å²) in [5, 5.41) is 3.14. The molecule has 1 N–H and O–H groups in total. The number of carbonyl (C=O) groups is 2. The Morgan fingerprint density at radius 3 is 2.24 bits per heavy atom. The lowest BCUT2D eigenvalue weighted by Crippen LogP contribution is -2.53. The first-order valence-electron chi connectivity index (χ1n) is 12.1. The van der Waals surface area contributed by atoms with Crippen molar-refractivity contribution in [1.82, 2.24) is 10.2 Å². The van der Waals surface area contributed by atoms with Gasteiger partial charge in [-0.25, -0.2) is 12.8 Å². The first-order chi connectivity index (χ1) is 18.0. The summed E-state index contributed by atoms with van der Waals surface area (Å²) in [6.45, 7) is 3.21. The zero-order valence-electron chi connectivity index (χ0n) is 21.5. The van der Waals surface area contributed by atoms with Gasteiger partial charge in [0.1, 0.15) is 18.4 Å². The van der Waals surface area contributed by atoms with Gasteiger partial charge >= 0.3 is 0 Å². The summed E-state index contributed by atoms with van der Waals surface area (Å²) in [6, 6.07) is 18.7. The van der Waals surface area contributed by atoms with E-state index >= 15 is 0 Å². The summed E-state index contributed by atoms with van der Waals surface area (Å²) < 4.78 is 40.3. The number of anilines is 1. The van der Waals surface area contributed by atoms with E-state index in [1.807, 2.05) is 30.3 Å². The molecule has 0 unspecified atom stereocenters. The van der Waals surface area contributed by atoms with E-state index in [2.05, 4.69) is 5.32 Å². The number of carbonyl (C=O) groups excluding carboxylic acids is 2. The Labute approximate surface area is 228 Å². The minimum absolute atomic E-state index is 0.0279. The molecule has 0 saturated carbocycles. The molecular formula is C28H31ClFN3O4S. The van der Waals surface area contributed by atoms with E-state index in [9.17, 15) is 22.4 Å². The fourth-order valence-electron chi connectivity index (χ4n) is 4.09. The van der Waals surface area contributed by atoms with Gasteiger partial charge in [0, 0.05) is 24.5 Å². The first-order valence-corrected chi connectivity index (χ1v) is 14.3. The minimum Gasteiger partial charge on any atom is -0.355 e. The van der Waals surface area contributed by atoms with Crippen molar-refractivity contribution in [2.24, 2.45) is 0 Å². The van der Waals surface area contributed by atoms with Gasteiger partial charge in [-0.2, -0.15) is 0 Å². The number of hydrogen-bond donors (Lipinski definition) is 1. The van der Waals surface area contributed by atoms with E-state index in [0.717, 1.165) is 16.1 Å². The summed E-state index contributed by atoms with van der Waals surface area (Å²) in [6.07, 6.45) is 1.21. The molecule has 0 aliphatic carbocycles. The molecule has 0 saturated heterocycles. The Kier molecular flexibility index (Phi) is 9.88. The molecule has 38 heavy (non-hydrogen) atoms. The van der Waals surface area contributed by atoms with E-state index in [1.165, 1.54) is 29.2 Å². The molecule has 7 nitrogen and oxygen atoms in total. The predicted octanol–water partition coefficient (Wildman–Crippen LogP) is 4.33. The zero-order chi connectivity index (χ0) is 27.9. The van der Waals surface area contributed by atoms with Gasteiger partial charge in [-0.15, -0.1) is 0 Å². The SMILES string of the molecule is CCNC(=O)[C@@H](Cc1ccccc1)N(Cc1ccc(F)cc1)C(=O)CN(c1cccc(Cl)c1C)S(C)(=O)=O. The topological polar surface area (TPSA) is 86.8 Å². The van der Waals surface area contributed by atoms with Gasteiger partial charge in [0.2, 0.25) is 21.8 Å². The molecule has 202 valence electrons. The monoisotopic (exact) mass is 559 g/mol. The Morgan fingerprint density at radius 1 is 0.974 bits per heavy atom.